The minimum Gasteiger partial charge on any atom is -0.465 e. The molecule has 2 aromatic carbocycles. The molecule has 1 amide bonds. The van der Waals surface area contributed by atoms with E-state index in [4.69, 9.17) is 8.85 Å². The van der Waals surface area contributed by atoms with Crippen molar-refractivity contribution in [1.82, 2.24) is 4.90 Å². The van der Waals surface area contributed by atoms with Gasteiger partial charge < -0.3 is 18.9 Å². The van der Waals surface area contributed by atoms with Gasteiger partial charge in [0, 0.05) is 13.2 Å². The second kappa shape index (κ2) is 11.4. The molecule has 2 atom stereocenters. The number of benzene rings is 2. The Hall–Kier alpha value is -1.94. The number of rotatable bonds is 8. The van der Waals surface area contributed by atoms with Crippen molar-refractivity contribution < 1.29 is 18.8 Å². The molecule has 37 heavy (non-hydrogen) atoms. The summed E-state index contributed by atoms with van der Waals surface area (Å²) in [5.41, 5.74) is 0. The molecule has 0 aromatic heterocycles. The first-order valence-corrected chi connectivity index (χ1v) is 18.4. The van der Waals surface area contributed by atoms with Crippen LogP contribution in [0.15, 0.2) is 60.7 Å². The van der Waals surface area contributed by atoms with Crippen LogP contribution in [0, 0.1) is 5.92 Å². The summed E-state index contributed by atoms with van der Waals surface area (Å²) >= 11 is 0. The van der Waals surface area contributed by atoms with E-state index >= 15 is 0 Å². The third-order valence-electron chi connectivity index (χ3n) is 8.47. The van der Waals surface area contributed by atoms with Gasteiger partial charge in [0.15, 0.2) is 8.32 Å². The van der Waals surface area contributed by atoms with Gasteiger partial charge in [0.05, 0.1) is 12.6 Å². The van der Waals surface area contributed by atoms with Crippen molar-refractivity contribution in [1.29, 1.82) is 0 Å². The number of piperidine rings is 1. The van der Waals surface area contributed by atoms with Crippen LogP contribution in [-0.2, 0) is 8.85 Å². The van der Waals surface area contributed by atoms with E-state index in [0.29, 0.717) is 25.7 Å². The van der Waals surface area contributed by atoms with Gasteiger partial charge in [0.2, 0.25) is 0 Å². The highest BCUT2D eigenvalue weighted by atomic mass is 28.4. The standard InChI is InChI=1S/C30H47NO4Si2/c1-29(2,3)36(7,8)34-22-24-19-20-31(28(32)33)25(21-24)23-35-37(30(4,5)6,26-15-11-9-12-16-26)27-17-13-10-14-18-27/h9-18,24-25H,19-23H2,1-8H3,(H,32,33). The van der Waals surface area contributed by atoms with Crippen LogP contribution in [0.2, 0.25) is 23.2 Å². The van der Waals surface area contributed by atoms with E-state index in [9.17, 15) is 9.90 Å². The Kier molecular flexibility index (Phi) is 9.15. The molecule has 3 rings (SSSR count). The van der Waals surface area contributed by atoms with Gasteiger partial charge in [-0.15, -0.1) is 0 Å². The number of amides is 1. The Bertz CT molecular complexity index is 976. The van der Waals surface area contributed by atoms with Gasteiger partial charge in [-0.2, -0.15) is 0 Å². The lowest BCUT2D eigenvalue weighted by atomic mass is 9.92. The molecular formula is C30H47NO4Si2. The number of hydrogen-bond acceptors (Lipinski definition) is 3. The second-order valence-electron chi connectivity index (χ2n) is 13.1. The van der Waals surface area contributed by atoms with Gasteiger partial charge in [0.1, 0.15) is 0 Å². The zero-order valence-electron chi connectivity index (χ0n) is 24.1. The molecule has 1 saturated heterocycles. The lowest BCUT2D eigenvalue weighted by Crippen LogP contribution is -2.67. The smallest absolute Gasteiger partial charge is 0.407 e. The predicted molar refractivity (Wildman–Crippen MR) is 158 cm³/mol. The van der Waals surface area contributed by atoms with Crippen molar-refractivity contribution >= 4 is 33.1 Å². The normalized spacial score (nSPS) is 19.6. The SMILES string of the molecule is CC(C)(C)[Si](C)(C)OCC1CCN(C(=O)O)C(CO[Si](c2ccccc2)(c2ccccc2)C(C)(C)C)C1. The number of carbonyl (C=O) groups is 1. The Morgan fingerprint density at radius 3 is 1.81 bits per heavy atom. The predicted octanol–water partition coefficient (Wildman–Crippen LogP) is 6.34. The number of nitrogens with zero attached hydrogens (tertiary/aromatic N) is 1. The van der Waals surface area contributed by atoms with E-state index in [1.165, 1.54) is 10.4 Å². The largest absolute Gasteiger partial charge is 0.465 e. The fourth-order valence-corrected chi connectivity index (χ4v) is 10.9. The third-order valence-corrected chi connectivity index (χ3v) is 18.0. The number of carboxylic acid groups (broad SMARTS) is 1. The zero-order chi connectivity index (χ0) is 27.5. The molecule has 2 aromatic rings. The zero-order valence-corrected chi connectivity index (χ0v) is 26.1. The molecule has 0 radical (unpaired) electrons. The van der Waals surface area contributed by atoms with Crippen molar-refractivity contribution in [3.63, 3.8) is 0 Å². The number of likely N-dealkylation sites (tertiary alicyclic amines) is 1. The first-order chi connectivity index (χ1) is 17.2. The molecule has 5 nitrogen and oxygen atoms in total. The Morgan fingerprint density at radius 1 is 0.865 bits per heavy atom. The Morgan fingerprint density at radius 2 is 1.38 bits per heavy atom. The minimum absolute atomic E-state index is 0.150. The Balaban J connectivity index is 1.89. The van der Waals surface area contributed by atoms with Gasteiger partial charge in [-0.3, -0.25) is 0 Å². The van der Waals surface area contributed by atoms with Crippen LogP contribution >= 0.6 is 0 Å². The number of hydrogen-bond donors (Lipinski definition) is 1. The van der Waals surface area contributed by atoms with Gasteiger partial charge in [-0.1, -0.05) is 102 Å². The maximum Gasteiger partial charge on any atom is 0.407 e. The monoisotopic (exact) mass is 541 g/mol. The molecule has 0 bridgehead atoms. The van der Waals surface area contributed by atoms with E-state index in [2.05, 4.69) is 103 Å². The summed E-state index contributed by atoms with van der Waals surface area (Å²) in [6.45, 7) is 19.7. The van der Waals surface area contributed by atoms with Crippen LogP contribution in [0.4, 0.5) is 4.79 Å². The molecule has 1 aliphatic rings. The molecule has 204 valence electrons. The first-order valence-electron chi connectivity index (χ1n) is 13.6. The van der Waals surface area contributed by atoms with Crippen molar-refractivity contribution in [3.05, 3.63) is 60.7 Å². The molecule has 1 N–H and O–H groups in total. The molecule has 1 aliphatic heterocycles. The van der Waals surface area contributed by atoms with Crippen LogP contribution in [0.3, 0.4) is 0 Å². The average molecular weight is 542 g/mol. The van der Waals surface area contributed by atoms with Gasteiger partial charge in [-0.05, 0) is 52.3 Å². The molecule has 2 unspecified atom stereocenters. The van der Waals surface area contributed by atoms with Crippen molar-refractivity contribution in [2.24, 2.45) is 5.92 Å². The van der Waals surface area contributed by atoms with Crippen LogP contribution in [0.25, 0.3) is 0 Å². The molecule has 0 spiro atoms. The molecule has 0 saturated carbocycles. The topological polar surface area (TPSA) is 59.0 Å². The summed E-state index contributed by atoms with van der Waals surface area (Å²) < 4.78 is 13.7. The van der Waals surface area contributed by atoms with E-state index in [1.54, 1.807) is 4.90 Å². The minimum atomic E-state index is -2.74. The summed E-state index contributed by atoms with van der Waals surface area (Å²) in [5, 5.41) is 12.5. The van der Waals surface area contributed by atoms with E-state index in [1.807, 2.05) is 12.1 Å². The van der Waals surface area contributed by atoms with Crippen molar-refractivity contribution in [2.45, 2.75) is 83.6 Å². The molecule has 1 fully saturated rings. The summed E-state index contributed by atoms with van der Waals surface area (Å²) in [6, 6.07) is 20.9. The average Bonchev–Trinajstić information content (AvgIpc) is 2.83. The van der Waals surface area contributed by atoms with E-state index < -0.39 is 22.7 Å². The summed E-state index contributed by atoms with van der Waals surface area (Å²) in [5.74, 6) is 0.331. The lowest BCUT2D eigenvalue weighted by molar-refractivity contribution is 0.0513. The highest BCUT2D eigenvalue weighted by Crippen LogP contribution is 2.39. The lowest BCUT2D eigenvalue weighted by Gasteiger charge is -2.46. The fraction of sp³-hybridized carbons (Fsp3) is 0.567. The fourth-order valence-electron chi connectivity index (χ4n) is 5.22. The van der Waals surface area contributed by atoms with E-state index in [0.717, 1.165) is 12.8 Å². The second-order valence-corrected chi connectivity index (χ2v) is 22.2. The third kappa shape index (κ3) is 6.56. The van der Waals surface area contributed by atoms with Crippen LogP contribution in [0.5, 0.6) is 0 Å². The summed E-state index contributed by atoms with van der Waals surface area (Å²) in [6.07, 6.45) is 0.732. The molecular weight excluding hydrogens is 495 g/mol. The first kappa shape index (κ1) is 29.6. The Labute approximate surface area is 226 Å². The summed E-state index contributed by atoms with van der Waals surface area (Å²) in [7, 11) is -4.60. The van der Waals surface area contributed by atoms with Gasteiger partial charge in [0.25, 0.3) is 8.32 Å². The summed E-state index contributed by atoms with van der Waals surface area (Å²) in [4.78, 5) is 13.8. The highest BCUT2D eigenvalue weighted by molar-refractivity contribution is 6.99. The highest BCUT2D eigenvalue weighted by Gasteiger charge is 2.51. The van der Waals surface area contributed by atoms with Crippen LogP contribution in [-0.4, -0.2) is 58.5 Å². The molecule has 1 heterocycles. The van der Waals surface area contributed by atoms with Crippen molar-refractivity contribution in [2.75, 3.05) is 19.8 Å². The molecule has 7 heteroatoms. The quantitative estimate of drug-likeness (QED) is 0.396. The van der Waals surface area contributed by atoms with E-state index in [-0.39, 0.29) is 16.1 Å². The maximum atomic E-state index is 12.2. The van der Waals surface area contributed by atoms with Gasteiger partial charge in [-0.25, -0.2) is 4.79 Å². The van der Waals surface area contributed by atoms with Crippen LogP contribution in [0.1, 0.15) is 54.4 Å². The van der Waals surface area contributed by atoms with Crippen molar-refractivity contribution in [3.8, 4) is 0 Å². The van der Waals surface area contributed by atoms with Crippen LogP contribution < -0.4 is 10.4 Å². The van der Waals surface area contributed by atoms with Gasteiger partial charge >= 0.3 is 6.09 Å². The molecule has 0 aliphatic carbocycles. The maximum absolute atomic E-state index is 12.2.